The minimum absolute atomic E-state index is 0.122. The van der Waals surface area contributed by atoms with Crippen LogP contribution in [0.4, 0.5) is 5.69 Å². The lowest BCUT2D eigenvalue weighted by atomic mass is 9.90. The predicted molar refractivity (Wildman–Crippen MR) is 72.6 cm³/mol. The van der Waals surface area contributed by atoms with Gasteiger partial charge in [-0.3, -0.25) is 4.79 Å². The van der Waals surface area contributed by atoms with Gasteiger partial charge in [-0.15, -0.1) is 0 Å². The topological polar surface area (TPSA) is 29.5 Å². The van der Waals surface area contributed by atoms with Gasteiger partial charge in [0, 0.05) is 24.4 Å². The van der Waals surface area contributed by atoms with Crippen LogP contribution in [0.1, 0.15) is 31.7 Å². The van der Waals surface area contributed by atoms with Gasteiger partial charge in [0.05, 0.1) is 13.0 Å². The number of ether oxygens (including phenoxy) is 1. The average Bonchev–Trinajstić information content (AvgIpc) is 2.36. The molecule has 0 bridgehead atoms. The van der Waals surface area contributed by atoms with Gasteiger partial charge < -0.3 is 9.64 Å². The van der Waals surface area contributed by atoms with Crippen LogP contribution in [0.2, 0.25) is 0 Å². The Bertz CT molecular complexity index is 479. The van der Waals surface area contributed by atoms with Crippen LogP contribution in [0.3, 0.4) is 0 Å². The first-order valence-corrected chi connectivity index (χ1v) is 6.30. The van der Waals surface area contributed by atoms with Gasteiger partial charge in [-0.05, 0) is 25.5 Å². The molecule has 96 valence electrons. The van der Waals surface area contributed by atoms with E-state index in [9.17, 15) is 4.79 Å². The standard InChI is InChI=1S/C15H19NO2/c1-4-18-15(17)10-12-9-11(2)16(3)14-8-6-5-7-13(12)14/h5-9,12H,4,10H2,1-3H3. The number of carbonyl (C=O) groups excluding carboxylic acids is 1. The lowest BCUT2D eigenvalue weighted by Gasteiger charge is -2.31. The highest BCUT2D eigenvalue weighted by Gasteiger charge is 2.24. The second-order valence-corrected chi connectivity index (χ2v) is 4.54. The van der Waals surface area contributed by atoms with E-state index in [4.69, 9.17) is 4.74 Å². The molecule has 1 heterocycles. The summed E-state index contributed by atoms with van der Waals surface area (Å²) in [4.78, 5) is 13.8. The smallest absolute Gasteiger partial charge is 0.306 e. The van der Waals surface area contributed by atoms with E-state index in [1.807, 2.05) is 26.1 Å². The molecule has 1 aromatic rings. The van der Waals surface area contributed by atoms with E-state index in [0.717, 1.165) is 0 Å². The van der Waals surface area contributed by atoms with Crippen LogP contribution >= 0.6 is 0 Å². The number of para-hydroxylation sites is 1. The number of benzene rings is 1. The minimum Gasteiger partial charge on any atom is -0.466 e. The number of allylic oxidation sites excluding steroid dienone is 2. The van der Waals surface area contributed by atoms with Gasteiger partial charge in [-0.2, -0.15) is 0 Å². The monoisotopic (exact) mass is 245 g/mol. The third-order valence-electron chi connectivity index (χ3n) is 3.36. The maximum atomic E-state index is 11.6. The summed E-state index contributed by atoms with van der Waals surface area (Å²) in [5.41, 5.74) is 3.54. The molecule has 0 fully saturated rings. The molecule has 3 nitrogen and oxygen atoms in total. The summed E-state index contributed by atoms with van der Waals surface area (Å²) in [6, 6.07) is 8.21. The van der Waals surface area contributed by atoms with Crippen LogP contribution in [0.15, 0.2) is 36.0 Å². The highest BCUT2D eigenvalue weighted by Crippen LogP contribution is 2.37. The van der Waals surface area contributed by atoms with Gasteiger partial charge in [0.2, 0.25) is 0 Å². The van der Waals surface area contributed by atoms with E-state index >= 15 is 0 Å². The summed E-state index contributed by atoms with van der Waals surface area (Å²) in [5, 5.41) is 0. The van der Waals surface area contributed by atoms with E-state index in [0.29, 0.717) is 13.0 Å². The highest BCUT2D eigenvalue weighted by atomic mass is 16.5. The number of nitrogens with zero attached hydrogens (tertiary/aromatic N) is 1. The summed E-state index contributed by atoms with van der Waals surface area (Å²) in [6.07, 6.45) is 2.55. The fourth-order valence-corrected chi connectivity index (χ4v) is 2.36. The van der Waals surface area contributed by atoms with Crippen LogP contribution in [-0.2, 0) is 9.53 Å². The Kier molecular flexibility index (Phi) is 3.70. The first-order chi connectivity index (χ1) is 8.63. The van der Waals surface area contributed by atoms with Crippen molar-refractivity contribution >= 4 is 11.7 Å². The van der Waals surface area contributed by atoms with Gasteiger partial charge in [0.25, 0.3) is 0 Å². The SMILES string of the molecule is CCOC(=O)CC1C=C(C)N(C)c2ccccc21. The second kappa shape index (κ2) is 5.25. The van der Waals surface area contributed by atoms with Crippen molar-refractivity contribution in [3.05, 3.63) is 41.6 Å². The zero-order valence-corrected chi connectivity index (χ0v) is 11.1. The Labute approximate surface area is 108 Å². The predicted octanol–water partition coefficient (Wildman–Crippen LogP) is 3.08. The lowest BCUT2D eigenvalue weighted by Crippen LogP contribution is -2.23. The van der Waals surface area contributed by atoms with Crippen LogP contribution in [-0.4, -0.2) is 19.6 Å². The molecule has 1 atom stereocenters. The normalized spacial score (nSPS) is 18.1. The quantitative estimate of drug-likeness (QED) is 0.766. The molecule has 3 heteroatoms. The Morgan fingerprint density at radius 3 is 2.83 bits per heavy atom. The van der Waals surface area contributed by atoms with Crippen LogP contribution in [0.25, 0.3) is 0 Å². The molecule has 0 radical (unpaired) electrons. The Morgan fingerprint density at radius 1 is 1.39 bits per heavy atom. The van der Waals surface area contributed by atoms with Crippen LogP contribution in [0.5, 0.6) is 0 Å². The van der Waals surface area contributed by atoms with Crippen molar-refractivity contribution in [2.75, 3.05) is 18.6 Å². The molecule has 0 N–H and O–H groups in total. The fraction of sp³-hybridized carbons (Fsp3) is 0.400. The number of hydrogen-bond acceptors (Lipinski definition) is 3. The number of carbonyl (C=O) groups is 1. The van der Waals surface area contributed by atoms with Gasteiger partial charge in [0.15, 0.2) is 0 Å². The molecule has 18 heavy (non-hydrogen) atoms. The molecule has 0 aliphatic carbocycles. The van der Waals surface area contributed by atoms with Gasteiger partial charge in [-0.25, -0.2) is 0 Å². The largest absolute Gasteiger partial charge is 0.466 e. The first kappa shape index (κ1) is 12.7. The van der Waals surface area contributed by atoms with Crippen molar-refractivity contribution in [3.8, 4) is 0 Å². The van der Waals surface area contributed by atoms with Crippen molar-refractivity contribution in [1.29, 1.82) is 0 Å². The highest BCUT2D eigenvalue weighted by molar-refractivity contribution is 5.73. The van der Waals surface area contributed by atoms with Gasteiger partial charge >= 0.3 is 5.97 Å². The molecule has 2 rings (SSSR count). The van der Waals surface area contributed by atoms with E-state index in [1.54, 1.807) is 0 Å². The Hall–Kier alpha value is -1.77. The van der Waals surface area contributed by atoms with Crippen LogP contribution in [0, 0.1) is 0 Å². The zero-order valence-electron chi connectivity index (χ0n) is 11.1. The first-order valence-electron chi connectivity index (χ1n) is 6.30. The summed E-state index contributed by atoms with van der Waals surface area (Å²) in [6.45, 7) is 4.34. The second-order valence-electron chi connectivity index (χ2n) is 4.54. The van der Waals surface area contributed by atoms with Gasteiger partial charge in [0.1, 0.15) is 0 Å². The lowest BCUT2D eigenvalue weighted by molar-refractivity contribution is -0.143. The van der Waals surface area contributed by atoms with E-state index < -0.39 is 0 Å². The van der Waals surface area contributed by atoms with E-state index in [2.05, 4.69) is 30.0 Å². The molecule has 1 unspecified atom stereocenters. The number of esters is 1. The van der Waals surface area contributed by atoms with Crippen LogP contribution < -0.4 is 4.90 Å². The maximum Gasteiger partial charge on any atom is 0.306 e. The van der Waals surface area contributed by atoms with Crippen molar-refractivity contribution < 1.29 is 9.53 Å². The van der Waals surface area contributed by atoms with Crippen molar-refractivity contribution in [2.24, 2.45) is 0 Å². The van der Waals surface area contributed by atoms with Crippen molar-refractivity contribution in [3.63, 3.8) is 0 Å². The molecule has 0 saturated carbocycles. The molecular weight excluding hydrogens is 226 g/mol. The van der Waals surface area contributed by atoms with E-state index in [-0.39, 0.29) is 11.9 Å². The number of hydrogen-bond donors (Lipinski definition) is 0. The zero-order chi connectivity index (χ0) is 13.1. The summed E-state index contributed by atoms with van der Waals surface area (Å²) >= 11 is 0. The third-order valence-corrected chi connectivity index (χ3v) is 3.36. The van der Waals surface area contributed by atoms with Crippen molar-refractivity contribution in [2.45, 2.75) is 26.2 Å². The molecule has 1 aromatic carbocycles. The van der Waals surface area contributed by atoms with E-state index in [1.165, 1.54) is 16.9 Å². The molecule has 0 spiro atoms. The Morgan fingerprint density at radius 2 is 2.11 bits per heavy atom. The molecule has 1 aliphatic rings. The number of anilines is 1. The maximum absolute atomic E-state index is 11.6. The minimum atomic E-state index is -0.133. The summed E-state index contributed by atoms with van der Waals surface area (Å²) < 4.78 is 5.04. The summed E-state index contributed by atoms with van der Waals surface area (Å²) in [7, 11) is 2.05. The average molecular weight is 245 g/mol. The Balaban J connectivity index is 2.28. The molecule has 0 saturated heterocycles. The molecular formula is C15H19NO2. The third kappa shape index (κ3) is 2.40. The number of rotatable bonds is 3. The molecule has 1 aliphatic heterocycles. The molecule has 0 amide bonds. The van der Waals surface area contributed by atoms with Gasteiger partial charge in [-0.1, -0.05) is 24.3 Å². The number of fused-ring (bicyclic) bond motifs is 1. The summed E-state index contributed by atoms with van der Waals surface area (Å²) in [5.74, 6) is -0.0117. The fourth-order valence-electron chi connectivity index (χ4n) is 2.36. The molecule has 0 aromatic heterocycles. The van der Waals surface area contributed by atoms with Crippen molar-refractivity contribution in [1.82, 2.24) is 0 Å².